The minimum Gasteiger partial charge on any atom is -0.456 e. The third-order valence-electron chi connectivity index (χ3n) is 18.4. The largest absolute Gasteiger partial charge is 0.456 e. The summed E-state index contributed by atoms with van der Waals surface area (Å²) in [5.41, 5.74) is 4.71. The lowest BCUT2D eigenvalue weighted by molar-refractivity contribution is 0.0224. The summed E-state index contributed by atoms with van der Waals surface area (Å²) in [4.78, 5) is 18.8. The number of ether oxygens (including phenoxy) is 2. The Balaban J connectivity index is 1.13. The molecule has 3 aromatic carbocycles. The van der Waals surface area contributed by atoms with Gasteiger partial charge in [0.2, 0.25) is 0 Å². The van der Waals surface area contributed by atoms with E-state index in [9.17, 15) is 4.79 Å². The molecular formula is C75H124N2O3. The normalized spacial score (nSPS) is 14.3. The average Bonchev–Trinajstić information content (AvgIpc) is 3.77. The van der Waals surface area contributed by atoms with Gasteiger partial charge in [-0.15, -0.1) is 0 Å². The van der Waals surface area contributed by atoms with Gasteiger partial charge in [-0.3, -0.25) is 0 Å². The molecule has 0 bridgehead atoms. The third kappa shape index (κ3) is 25.2. The van der Waals surface area contributed by atoms with Crippen molar-refractivity contribution in [2.24, 2.45) is 0 Å². The van der Waals surface area contributed by atoms with Gasteiger partial charge in [0.05, 0.1) is 5.56 Å². The van der Waals surface area contributed by atoms with E-state index >= 15 is 0 Å². The van der Waals surface area contributed by atoms with Crippen LogP contribution in [-0.4, -0.2) is 32.7 Å². The minimum atomic E-state index is -1.05. The maximum atomic E-state index is 13.8. The van der Waals surface area contributed by atoms with E-state index in [1.807, 2.05) is 18.2 Å². The Bertz CT molecular complexity index is 1970. The highest BCUT2D eigenvalue weighted by Crippen LogP contribution is 2.57. The Morgan fingerprint density at radius 3 is 1.00 bits per heavy atom. The van der Waals surface area contributed by atoms with Crippen molar-refractivity contribution in [1.29, 1.82) is 0 Å². The second-order valence-corrected chi connectivity index (χ2v) is 25.4. The fraction of sp³-hybridized carbons (Fsp3) is 0.747. The fourth-order valence-corrected chi connectivity index (χ4v) is 13.2. The van der Waals surface area contributed by atoms with E-state index in [4.69, 9.17) is 9.47 Å². The molecule has 2 heterocycles. The van der Waals surface area contributed by atoms with Crippen LogP contribution in [0.25, 0.3) is 0 Å². The van der Waals surface area contributed by atoms with Crippen molar-refractivity contribution < 1.29 is 14.3 Å². The monoisotopic (exact) mass is 1100 g/mol. The Kier molecular flexibility index (Phi) is 36.4. The molecule has 0 saturated heterocycles. The molecule has 0 radical (unpaired) electrons. The number of fused-ring (bicyclic) bond motifs is 6. The van der Waals surface area contributed by atoms with Crippen molar-refractivity contribution in [1.82, 2.24) is 0 Å². The summed E-state index contributed by atoms with van der Waals surface area (Å²) in [6.07, 6.45) is 66.5. The highest BCUT2D eigenvalue weighted by Gasteiger charge is 2.53. The molecule has 0 aromatic heterocycles. The molecule has 5 nitrogen and oxygen atoms in total. The van der Waals surface area contributed by atoms with Gasteiger partial charge in [0.15, 0.2) is 5.60 Å². The second kappa shape index (κ2) is 43.2. The van der Waals surface area contributed by atoms with Gasteiger partial charge in [-0.1, -0.05) is 328 Å². The molecule has 0 saturated carbocycles. The Morgan fingerprint density at radius 1 is 0.338 bits per heavy atom. The summed E-state index contributed by atoms with van der Waals surface area (Å²) in [7, 11) is 2.22. The van der Waals surface area contributed by atoms with E-state index in [2.05, 4.69) is 80.1 Å². The predicted molar refractivity (Wildman–Crippen MR) is 349 cm³/mol. The fourth-order valence-electron chi connectivity index (χ4n) is 13.2. The third-order valence-corrected chi connectivity index (χ3v) is 18.4. The van der Waals surface area contributed by atoms with Crippen LogP contribution in [0.15, 0.2) is 60.7 Å². The van der Waals surface area contributed by atoms with E-state index in [1.54, 1.807) is 0 Å². The van der Waals surface area contributed by atoms with E-state index in [0.29, 0.717) is 5.56 Å². The Labute approximate surface area is 494 Å². The van der Waals surface area contributed by atoms with Gasteiger partial charge in [-0.25, -0.2) is 4.79 Å². The van der Waals surface area contributed by atoms with Crippen molar-refractivity contribution >= 4 is 17.3 Å². The highest BCUT2D eigenvalue weighted by atomic mass is 16.6. The van der Waals surface area contributed by atoms with Crippen LogP contribution >= 0.6 is 0 Å². The number of rotatable bonds is 53. The zero-order valence-electron chi connectivity index (χ0n) is 53.0. The Hall–Kier alpha value is -3.47. The molecule has 452 valence electrons. The molecule has 0 amide bonds. The Morgan fingerprint density at radius 2 is 0.637 bits per heavy atom. The first-order valence-corrected chi connectivity index (χ1v) is 35.3. The summed E-state index contributed by atoms with van der Waals surface area (Å²) in [6.45, 7) is 10.0. The molecule has 0 N–H and O–H groups in total. The number of esters is 1. The van der Waals surface area contributed by atoms with Gasteiger partial charge < -0.3 is 19.3 Å². The average molecular weight is 1100 g/mol. The molecule has 80 heavy (non-hydrogen) atoms. The highest BCUT2D eigenvalue weighted by molar-refractivity contribution is 5.97. The maximum Gasteiger partial charge on any atom is 0.340 e. The van der Waals surface area contributed by atoms with Crippen LogP contribution in [-0.2, 0) is 10.3 Å². The molecular weight excluding hydrogens is 977 g/mol. The quantitative estimate of drug-likeness (QED) is 0.0416. The minimum absolute atomic E-state index is 0.262. The smallest absolute Gasteiger partial charge is 0.340 e. The summed E-state index contributed by atoms with van der Waals surface area (Å²) in [6, 6.07) is 21.4. The standard InChI is InChI=1S/C75H124N2O3/c1-5-8-11-14-17-20-23-26-29-32-35-38-41-44-47-52-61-76(4)66-57-59-70-72(64-66)79-73-65-67(58-60-71(73)75(70)69-56-51-50-55-68(69)74(78)80-75)77(62-53-48-45-42-39-36-33-30-27-24-21-18-15-12-9-6-2)63-54-49-46-43-40-37-34-31-28-25-22-19-16-13-10-7-3/h50-51,55-60,64-65H,5-49,52-54,61-63H2,1-4H3. The summed E-state index contributed by atoms with van der Waals surface area (Å²) in [5, 5.41) is 0. The summed E-state index contributed by atoms with van der Waals surface area (Å²) < 4.78 is 13.7. The first-order chi connectivity index (χ1) is 39.5. The molecule has 2 aliphatic rings. The van der Waals surface area contributed by atoms with Gasteiger partial charge in [0.1, 0.15) is 11.5 Å². The van der Waals surface area contributed by atoms with Crippen molar-refractivity contribution in [2.75, 3.05) is 36.5 Å². The van der Waals surface area contributed by atoms with Gasteiger partial charge in [0.25, 0.3) is 0 Å². The molecule has 5 rings (SSSR count). The van der Waals surface area contributed by atoms with E-state index in [-0.39, 0.29) is 5.97 Å². The van der Waals surface area contributed by atoms with Crippen LogP contribution in [0.4, 0.5) is 11.4 Å². The SMILES string of the molecule is CCCCCCCCCCCCCCCCCCN(C)c1ccc2c(c1)Oc1cc(N(CCCCCCCCCCCCCCCCCC)CCCCCCCCCCCCCCCCCC)ccc1C21OC(=O)c2ccccc21. The topological polar surface area (TPSA) is 42.0 Å². The maximum absolute atomic E-state index is 13.8. The molecule has 2 aliphatic heterocycles. The first-order valence-electron chi connectivity index (χ1n) is 35.3. The van der Waals surface area contributed by atoms with Gasteiger partial charge >= 0.3 is 5.97 Å². The predicted octanol–water partition coefficient (Wildman–Crippen LogP) is 24.3. The number of unbranched alkanes of at least 4 members (excludes halogenated alkanes) is 45. The van der Waals surface area contributed by atoms with Gasteiger partial charge in [-0.2, -0.15) is 0 Å². The molecule has 5 heteroatoms. The molecule has 0 aliphatic carbocycles. The van der Waals surface area contributed by atoms with Crippen LogP contribution in [0.1, 0.15) is 356 Å². The van der Waals surface area contributed by atoms with E-state index in [1.165, 1.54) is 314 Å². The number of anilines is 2. The lowest BCUT2D eigenvalue weighted by atomic mass is 9.77. The number of hydrogen-bond donors (Lipinski definition) is 0. The van der Waals surface area contributed by atoms with Crippen molar-refractivity contribution in [3.63, 3.8) is 0 Å². The van der Waals surface area contributed by atoms with Crippen molar-refractivity contribution in [3.05, 3.63) is 82.9 Å². The number of hydrogen-bond acceptors (Lipinski definition) is 5. The zero-order valence-corrected chi connectivity index (χ0v) is 53.0. The van der Waals surface area contributed by atoms with Crippen LogP contribution < -0.4 is 14.5 Å². The van der Waals surface area contributed by atoms with E-state index in [0.717, 1.165) is 53.5 Å². The van der Waals surface area contributed by atoms with E-state index < -0.39 is 5.60 Å². The number of nitrogens with zero attached hydrogens (tertiary/aromatic N) is 2. The second-order valence-electron chi connectivity index (χ2n) is 25.4. The van der Waals surface area contributed by atoms with Crippen LogP contribution in [0, 0.1) is 0 Å². The lowest BCUT2D eigenvalue weighted by Crippen LogP contribution is -2.33. The van der Waals surface area contributed by atoms with Gasteiger partial charge in [0, 0.05) is 66.9 Å². The van der Waals surface area contributed by atoms with Crippen LogP contribution in [0.3, 0.4) is 0 Å². The van der Waals surface area contributed by atoms with Crippen molar-refractivity contribution in [2.45, 2.75) is 335 Å². The summed E-state index contributed by atoms with van der Waals surface area (Å²) in [5.74, 6) is 1.33. The molecule has 1 atom stereocenters. The molecule has 3 aromatic rings. The van der Waals surface area contributed by atoms with Crippen molar-refractivity contribution in [3.8, 4) is 11.5 Å². The first kappa shape index (κ1) is 67.3. The van der Waals surface area contributed by atoms with Crippen LogP contribution in [0.5, 0.6) is 11.5 Å². The molecule has 0 fully saturated rings. The molecule has 1 unspecified atom stereocenters. The lowest BCUT2D eigenvalue weighted by Gasteiger charge is -2.38. The van der Waals surface area contributed by atoms with Gasteiger partial charge in [-0.05, 0) is 49.6 Å². The zero-order chi connectivity index (χ0) is 56.4. The number of carbonyl (C=O) groups excluding carboxylic acids is 1. The van der Waals surface area contributed by atoms with Crippen LogP contribution in [0.2, 0.25) is 0 Å². The summed E-state index contributed by atoms with van der Waals surface area (Å²) >= 11 is 0. The molecule has 1 spiro atoms. The number of benzene rings is 3. The number of carbonyl (C=O) groups is 1.